The standard InChI is InChI=1S/C17H10N2O6/c1-24-13(22)15(7-18)16(8-19,14(23)25-2)17(15)11(20)9-5-3-4-6-10(9)12(17)21/h3-6H,1-2H3. The molecule has 0 N–H and O–H groups in total. The van der Waals surface area contributed by atoms with Crippen molar-refractivity contribution >= 4 is 23.5 Å². The molecule has 1 spiro atoms. The number of rotatable bonds is 2. The van der Waals surface area contributed by atoms with Crippen LogP contribution in [0.5, 0.6) is 0 Å². The zero-order chi connectivity index (χ0) is 18.6. The first kappa shape index (κ1) is 16.3. The van der Waals surface area contributed by atoms with Crippen LogP contribution in [0.15, 0.2) is 24.3 Å². The minimum Gasteiger partial charge on any atom is -0.468 e. The Bertz CT molecular complexity index is 876. The normalized spacial score (nSPS) is 27.8. The first-order chi connectivity index (χ1) is 11.9. The van der Waals surface area contributed by atoms with Crippen molar-refractivity contribution in [3.63, 3.8) is 0 Å². The molecule has 1 aromatic carbocycles. The molecule has 124 valence electrons. The van der Waals surface area contributed by atoms with E-state index in [0.29, 0.717) is 0 Å². The first-order valence-electron chi connectivity index (χ1n) is 7.07. The Morgan fingerprint density at radius 3 is 1.52 bits per heavy atom. The van der Waals surface area contributed by atoms with E-state index in [0.717, 1.165) is 14.2 Å². The van der Waals surface area contributed by atoms with Crippen LogP contribution in [-0.4, -0.2) is 37.7 Å². The lowest BCUT2D eigenvalue weighted by molar-refractivity contribution is -0.153. The average Bonchev–Trinajstić information content (AvgIpc) is 3.16. The summed E-state index contributed by atoms with van der Waals surface area (Å²) in [6, 6.07) is 8.75. The maximum Gasteiger partial charge on any atom is 0.330 e. The van der Waals surface area contributed by atoms with E-state index in [1.165, 1.54) is 24.3 Å². The summed E-state index contributed by atoms with van der Waals surface area (Å²) in [6.07, 6.45) is 0. The summed E-state index contributed by atoms with van der Waals surface area (Å²) in [7, 11) is 1.87. The summed E-state index contributed by atoms with van der Waals surface area (Å²) in [4.78, 5) is 50.9. The molecular formula is C17H10N2O6. The highest BCUT2D eigenvalue weighted by atomic mass is 16.5. The maximum atomic E-state index is 13.0. The summed E-state index contributed by atoms with van der Waals surface area (Å²) < 4.78 is 9.16. The molecule has 0 aromatic heterocycles. The fraction of sp³-hybridized carbons (Fsp3) is 0.294. The van der Waals surface area contributed by atoms with E-state index >= 15 is 0 Å². The van der Waals surface area contributed by atoms with Crippen LogP contribution < -0.4 is 0 Å². The Morgan fingerprint density at radius 2 is 1.24 bits per heavy atom. The second-order valence-electron chi connectivity index (χ2n) is 5.66. The number of ketones is 2. The molecule has 1 aromatic rings. The van der Waals surface area contributed by atoms with Crippen molar-refractivity contribution in [2.75, 3.05) is 14.2 Å². The van der Waals surface area contributed by atoms with E-state index in [-0.39, 0.29) is 11.1 Å². The lowest BCUT2D eigenvalue weighted by Crippen LogP contribution is -2.31. The molecule has 0 bridgehead atoms. The van der Waals surface area contributed by atoms with Crippen LogP contribution >= 0.6 is 0 Å². The van der Waals surface area contributed by atoms with Crippen LogP contribution in [0.1, 0.15) is 20.7 Å². The number of carbonyl (C=O) groups excluding carboxylic acids is 4. The summed E-state index contributed by atoms with van der Waals surface area (Å²) in [6.45, 7) is 0. The number of nitriles is 2. The maximum absolute atomic E-state index is 13.0. The van der Waals surface area contributed by atoms with E-state index in [9.17, 15) is 29.7 Å². The number of benzene rings is 1. The van der Waals surface area contributed by atoms with Crippen molar-refractivity contribution in [3.8, 4) is 12.1 Å². The highest BCUT2D eigenvalue weighted by molar-refractivity contribution is 6.39. The van der Waals surface area contributed by atoms with Crippen LogP contribution in [0, 0.1) is 38.9 Å². The lowest BCUT2D eigenvalue weighted by Gasteiger charge is -2.08. The van der Waals surface area contributed by atoms with Gasteiger partial charge in [0.2, 0.25) is 10.8 Å². The molecule has 1 fully saturated rings. The largest absolute Gasteiger partial charge is 0.468 e. The lowest BCUT2D eigenvalue weighted by atomic mass is 9.87. The third kappa shape index (κ3) is 1.26. The highest BCUT2D eigenvalue weighted by Gasteiger charge is 3.04. The van der Waals surface area contributed by atoms with Gasteiger partial charge >= 0.3 is 11.9 Å². The summed E-state index contributed by atoms with van der Waals surface area (Å²) in [5, 5.41) is 19.4. The Balaban J connectivity index is 2.43. The molecule has 0 saturated heterocycles. The first-order valence-corrected chi connectivity index (χ1v) is 7.07. The Hall–Kier alpha value is -3.52. The fourth-order valence-electron chi connectivity index (χ4n) is 3.98. The van der Waals surface area contributed by atoms with Gasteiger partial charge in [-0.15, -0.1) is 0 Å². The minimum absolute atomic E-state index is 0.0583. The van der Waals surface area contributed by atoms with Crippen molar-refractivity contribution in [2.24, 2.45) is 16.2 Å². The van der Waals surface area contributed by atoms with Crippen molar-refractivity contribution < 1.29 is 28.7 Å². The number of Topliss-reactive ketones (excluding diaryl/α,β-unsaturated/α-hetero) is 2. The van der Waals surface area contributed by atoms with Gasteiger partial charge in [-0.05, 0) is 0 Å². The molecule has 2 aliphatic rings. The molecule has 2 aliphatic carbocycles. The molecule has 1 saturated carbocycles. The fourth-order valence-corrected chi connectivity index (χ4v) is 3.98. The van der Waals surface area contributed by atoms with Crippen molar-refractivity contribution in [1.29, 1.82) is 10.5 Å². The summed E-state index contributed by atoms with van der Waals surface area (Å²) in [5.74, 6) is -4.49. The molecule has 8 nitrogen and oxygen atoms in total. The third-order valence-electron chi connectivity index (χ3n) is 5.04. The van der Waals surface area contributed by atoms with Crippen LogP contribution in [-0.2, 0) is 19.1 Å². The molecule has 25 heavy (non-hydrogen) atoms. The van der Waals surface area contributed by atoms with Gasteiger partial charge in [0, 0.05) is 11.1 Å². The van der Waals surface area contributed by atoms with Crippen LogP contribution in [0.3, 0.4) is 0 Å². The number of methoxy groups -OCH3 is 2. The second-order valence-corrected chi connectivity index (χ2v) is 5.66. The number of hydrogen-bond donors (Lipinski definition) is 0. The average molecular weight is 338 g/mol. The van der Waals surface area contributed by atoms with E-state index in [2.05, 4.69) is 9.47 Å². The van der Waals surface area contributed by atoms with Gasteiger partial charge in [-0.25, -0.2) is 0 Å². The number of nitrogens with zero attached hydrogens (tertiary/aromatic N) is 2. The molecule has 2 unspecified atom stereocenters. The monoisotopic (exact) mass is 338 g/mol. The van der Waals surface area contributed by atoms with Crippen LogP contribution in [0.2, 0.25) is 0 Å². The Kier molecular flexibility index (Phi) is 3.10. The van der Waals surface area contributed by atoms with Crippen molar-refractivity contribution in [1.82, 2.24) is 0 Å². The van der Waals surface area contributed by atoms with Gasteiger partial charge in [0.25, 0.3) is 0 Å². The smallest absolute Gasteiger partial charge is 0.330 e. The van der Waals surface area contributed by atoms with Crippen molar-refractivity contribution in [3.05, 3.63) is 35.4 Å². The molecule has 2 atom stereocenters. The third-order valence-corrected chi connectivity index (χ3v) is 5.04. The number of hydrogen-bond acceptors (Lipinski definition) is 8. The van der Waals surface area contributed by atoms with Crippen LogP contribution in [0.4, 0.5) is 0 Å². The van der Waals surface area contributed by atoms with E-state index in [4.69, 9.17) is 0 Å². The molecule has 0 radical (unpaired) electrons. The minimum atomic E-state index is -2.61. The molecular weight excluding hydrogens is 328 g/mol. The van der Waals surface area contributed by atoms with Gasteiger partial charge in [-0.3, -0.25) is 19.2 Å². The second kappa shape index (κ2) is 4.74. The zero-order valence-electron chi connectivity index (χ0n) is 13.2. The molecule has 0 heterocycles. The van der Waals surface area contributed by atoms with Crippen LogP contribution in [0.25, 0.3) is 0 Å². The topological polar surface area (TPSA) is 134 Å². The van der Waals surface area contributed by atoms with Gasteiger partial charge < -0.3 is 9.47 Å². The van der Waals surface area contributed by atoms with Gasteiger partial charge in [0.15, 0.2) is 17.0 Å². The van der Waals surface area contributed by atoms with Gasteiger partial charge in [-0.1, -0.05) is 24.3 Å². The Labute approximate surface area is 141 Å². The highest BCUT2D eigenvalue weighted by Crippen LogP contribution is 2.82. The number of ether oxygens (including phenoxy) is 2. The predicted octanol–water partition coefficient (Wildman–Crippen LogP) is 0.432. The predicted molar refractivity (Wildman–Crippen MR) is 77.7 cm³/mol. The van der Waals surface area contributed by atoms with E-state index in [1.807, 2.05) is 0 Å². The zero-order valence-corrected chi connectivity index (χ0v) is 13.2. The van der Waals surface area contributed by atoms with Gasteiger partial charge in [0.05, 0.1) is 26.4 Å². The Morgan fingerprint density at radius 1 is 0.880 bits per heavy atom. The summed E-state index contributed by atoms with van der Waals surface area (Å²) >= 11 is 0. The number of esters is 2. The van der Waals surface area contributed by atoms with Gasteiger partial charge in [-0.2, -0.15) is 10.5 Å². The van der Waals surface area contributed by atoms with Crippen molar-refractivity contribution in [2.45, 2.75) is 0 Å². The molecule has 0 amide bonds. The SMILES string of the molecule is COC(=O)C1(C#N)C(C#N)(C(=O)OC)C12C(=O)c1ccccc1C2=O. The quantitative estimate of drug-likeness (QED) is 0.559. The number of fused-ring (bicyclic) bond motifs is 1. The van der Waals surface area contributed by atoms with Gasteiger partial charge in [0.1, 0.15) is 0 Å². The molecule has 3 rings (SSSR count). The summed E-state index contributed by atoms with van der Waals surface area (Å²) in [5.41, 5.74) is -7.84. The molecule has 0 aliphatic heterocycles. The number of carbonyl (C=O) groups is 4. The van der Waals surface area contributed by atoms with E-state index < -0.39 is 39.8 Å². The molecule has 8 heteroatoms. The van der Waals surface area contributed by atoms with E-state index in [1.54, 1.807) is 12.1 Å².